The molecule has 0 N–H and O–H groups in total. The van der Waals surface area contributed by atoms with Gasteiger partial charge >= 0.3 is 29.0 Å². The van der Waals surface area contributed by atoms with Crippen LogP contribution in [0, 0.1) is 0 Å². The molecule has 0 amide bonds. The van der Waals surface area contributed by atoms with Crippen LogP contribution in [0.3, 0.4) is 0 Å². The third-order valence-corrected chi connectivity index (χ3v) is 0. The summed E-state index contributed by atoms with van der Waals surface area (Å²) in [4.78, 5) is 0. The van der Waals surface area contributed by atoms with Crippen LogP contribution in [0.5, 0.6) is 0 Å². The largest absolute Gasteiger partial charge is 0.673 e. The summed E-state index contributed by atoms with van der Waals surface area (Å²) >= 11 is 3.53. The molecule has 21 heteroatoms. The molecular weight excluding hydrogens is 391 g/mol. The quantitative estimate of drug-likeness (QED) is 0.302. The summed E-state index contributed by atoms with van der Waals surface area (Å²) in [5, 5.41) is 0. The summed E-state index contributed by atoms with van der Waals surface area (Å²) in [5.41, 5.74) is 0. The molecule has 0 bridgehead atoms. The van der Waals surface area contributed by atoms with Crippen LogP contribution in [0.25, 0.3) is 0 Å². The molecule has 0 radical (unpaired) electrons. The lowest BCUT2D eigenvalue weighted by Gasteiger charge is -1.94. The fourth-order valence-corrected chi connectivity index (χ4v) is 0. The molecule has 22 heavy (non-hydrogen) atoms. The lowest BCUT2D eigenvalue weighted by molar-refractivity contribution is 0.366. The minimum atomic E-state index is -6.00. The summed E-state index contributed by atoms with van der Waals surface area (Å²) in [6.07, 6.45) is 1.69. The van der Waals surface area contributed by atoms with Crippen LogP contribution < -0.4 is 0 Å². The van der Waals surface area contributed by atoms with Crippen molar-refractivity contribution in [2.75, 3.05) is 6.26 Å². The van der Waals surface area contributed by atoms with Gasteiger partial charge in [-0.25, -0.2) is 0 Å². The first-order valence-corrected chi connectivity index (χ1v) is 4.83. The zero-order valence-corrected chi connectivity index (χ0v) is 10.7. The van der Waals surface area contributed by atoms with Gasteiger partial charge in [-0.05, 0) is 6.26 Å². The van der Waals surface area contributed by atoms with Gasteiger partial charge in [-0.2, -0.15) is 12.6 Å². The highest BCUT2D eigenvalue weighted by atomic mass is 32.1. The van der Waals surface area contributed by atoms with E-state index in [1.54, 1.807) is 6.26 Å². The van der Waals surface area contributed by atoms with Gasteiger partial charge in [-0.1, -0.05) is 0 Å². The van der Waals surface area contributed by atoms with Crippen molar-refractivity contribution in [1.82, 2.24) is 0 Å². The molecule has 0 aliphatic rings. The SMILES string of the molecule is CS.F[B-](F)(F)F.F[B-](F)(F)F.F[B-](F)(F)F.F[B-](F)(F)F. The van der Waals surface area contributed by atoms with Gasteiger partial charge in [0.25, 0.3) is 0 Å². The van der Waals surface area contributed by atoms with Crippen molar-refractivity contribution in [2.24, 2.45) is 0 Å². The van der Waals surface area contributed by atoms with Gasteiger partial charge in [0.05, 0.1) is 0 Å². The van der Waals surface area contributed by atoms with Crippen molar-refractivity contribution in [3.05, 3.63) is 0 Å². The first-order chi connectivity index (χ1) is 9.00. The second-order valence-electron chi connectivity index (χ2n) is 1.98. The summed E-state index contributed by atoms with van der Waals surface area (Å²) in [6.45, 7) is 0. The molecule has 0 aromatic carbocycles. The predicted octanol–water partition coefficient (Wildman–Crippen LogP) is 5.75. The van der Waals surface area contributed by atoms with Crippen molar-refractivity contribution >= 4 is 41.6 Å². The second kappa shape index (κ2) is 14.1. The fourth-order valence-electron chi connectivity index (χ4n) is 0. The van der Waals surface area contributed by atoms with Gasteiger partial charge in [-0.15, -0.1) is 0 Å². The molecular formula is CH4B4F16S-4. The van der Waals surface area contributed by atoms with E-state index in [4.69, 9.17) is 0 Å². The Bertz CT molecular complexity index is 136. The van der Waals surface area contributed by atoms with Crippen molar-refractivity contribution in [2.45, 2.75) is 0 Å². The molecule has 0 aliphatic carbocycles. The zero-order valence-electron chi connectivity index (χ0n) is 9.80. The molecule has 0 spiro atoms. The third kappa shape index (κ3) is 25600. The molecule has 0 atom stereocenters. The van der Waals surface area contributed by atoms with E-state index in [1.807, 2.05) is 0 Å². The van der Waals surface area contributed by atoms with Crippen LogP contribution in [-0.4, -0.2) is 35.3 Å². The number of thiol groups is 1. The Morgan fingerprint density at radius 3 is 0.318 bits per heavy atom. The predicted molar refractivity (Wildman–Crippen MR) is 55.7 cm³/mol. The van der Waals surface area contributed by atoms with E-state index in [9.17, 15) is 69.1 Å². The van der Waals surface area contributed by atoms with E-state index >= 15 is 0 Å². The lowest BCUT2D eigenvalue weighted by atomic mass is 10.3. The number of halogens is 16. The van der Waals surface area contributed by atoms with E-state index in [0.717, 1.165) is 0 Å². The Labute approximate surface area is 118 Å². The maximum Gasteiger partial charge on any atom is 0.673 e. The fraction of sp³-hybridized carbons (Fsp3) is 1.00. The summed E-state index contributed by atoms with van der Waals surface area (Å²) in [7, 11) is -24.0. The number of hydrogen-bond acceptors (Lipinski definition) is 1. The smallest absolute Gasteiger partial charge is 0.418 e. The van der Waals surface area contributed by atoms with Gasteiger partial charge < -0.3 is 69.1 Å². The average Bonchev–Trinajstić information content (AvgIpc) is 1.92. The van der Waals surface area contributed by atoms with E-state index < -0.39 is 29.0 Å². The van der Waals surface area contributed by atoms with E-state index in [1.165, 1.54) is 0 Å². The van der Waals surface area contributed by atoms with Gasteiger partial charge in [0.1, 0.15) is 0 Å². The van der Waals surface area contributed by atoms with Crippen LogP contribution in [0.1, 0.15) is 0 Å². The van der Waals surface area contributed by atoms with E-state index in [0.29, 0.717) is 0 Å². The summed E-state index contributed by atoms with van der Waals surface area (Å²) in [6, 6.07) is 0. The van der Waals surface area contributed by atoms with Crippen molar-refractivity contribution in [3.8, 4) is 0 Å². The van der Waals surface area contributed by atoms with Gasteiger partial charge in [0, 0.05) is 0 Å². The van der Waals surface area contributed by atoms with Crippen LogP contribution in [0.15, 0.2) is 0 Å². The van der Waals surface area contributed by atoms with Crippen LogP contribution in [0.2, 0.25) is 0 Å². The first-order valence-electron chi connectivity index (χ1n) is 3.94. The highest BCUT2D eigenvalue weighted by Gasteiger charge is 2.21. The molecule has 0 saturated carbocycles. The second-order valence-corrected chi connectivity index (χ2v) is 1.98. The van der Waals surface area contributed by atoms with Gasteiger partial charge in [0.15, 0.2) is 0 Å². The topological polar surface area (TPSA) is 0 Å². The third-order valence-electron chi connectivity index (χ3n) is 0. The Morgan fingerprint density at radius 2 is 0.318 bits per heavy atom. The Balaban J connectivity index is -0.0000000562. The molecule has 0 saturated heterocycles. The van der Waals surface area contributed by atoms with Crippen LogP contribution in [-0.2, 0) is 0 Å². The number of rotatable bonds is 0. The molecule has 0 rings (SSSR count). The van der Waals surface area contributed by atoms with Crippen LogP contribution in [0.4, 0.5) is 69.1 Å². The van der Waals surface area contributed by atoms with E-state index in [-0.39, 0.29) is 0 Å². The molecule has 0 aliphatic heterocycles. The normalized spacial score (nSPS) is 11.2. The first kappa shape index (κ1) is 33.2. The maximum atomic E-state index is 9.75. The summed E-state index contributed by atoms with van der Waals surface area (Å²) in [5.74, 6) is 0. The van der Waals surface area contributed by atoms with Gasteiger partial charge in [0.2, 0.25) is 0 Å². The van der Waals surface area contributed by atoms with Crippen molar-refractivity contribution in [1.29, 1.82) is 0 Å². The highest BCUT2D eigenvalue weighted by Crippen LogP contribution is 2.08. The molecule has 0 heterocycles. The lowest BCUT2D eigenvalue weighted by Crippen LogP contribution is -2.02. The molecule has 0 fully saturated rings. The Kier molecular flexibility index (Phi) is 21.3. The van der Waals surface area contributed by atoms with Gasteiger partial charge in [-0.3, -0.25) is 0 Å². The van der Waals surface area contributed by atoms with Crippen LogP contribution >= 0.6 is 12.6 Å². The minimum absolute atomic E-state index is 1.69. The standard InChI is InChI=1S/CH4S.4BF4/c1-2;4*2-1(3,4)5/h2H,1H3;;;;/q;4*-1. The molecule has 0 aromatic rings. The molecule has 0 nitrogen and oxygen atoms in total. The Morgan fingerprint density at radius 1 is 0.318 bits per heavy atom. The Hall–Kier alpha value is -0.510. The van der Waals surface area contributed by atoms with E-state index in [2.05, 4.69) is 12.6 Å². The monoisotopic (exact) mass is 396 g/mol. The highest BCUT2D eigenvalue weighted by molar-refractivity contribution is 7.79. The van der Waals surface area contributed by atoms with Crippen molar-refractivity contribution < 1.29 is 69.1 Å². The summed E-state index contributed by atoms with van der Waals surface area (Å²) < 4.78 is 156. The minimum Gasteiger partial charge on any atom is -0.418 e. The molecule has 0 aromatic heterocycles. The zero-order chi connectivity index (χ0) is 20.0. The maximum absolute atomic E-state index is 9.75. The number of hydrogen-bond donors (Lipinski definition) is 1. The average molecular weight is 395 g/mol. The molecule has 0 unspecified atom stereocenters. The molecule has 142 valence electrons. The van der Waals surface area contributed by atoms with Crippen molar-refractivity contribution in [3.63, 3.8) is 0 Å².